The summed E-state index contributed by atoms with van der Waals surface area (Å²) in [5, 5.41) is 2.49. The number of benzene rings is 1. The fraction of sp³-hybridized carbons (Fsp3) is 0.676. The maximum Gasteiger partial charge on any atom is 0.428 e. The third-order valence-corrected chi connectivity index (χ3v) is 10.0. The molecule has 258 valence electrons. The van der Waals surface area contributed by atoms with Crippen molar-refractivity contribution in [2.45, 2.75) is 116 Å². The van der Waals surface area contributed by atoms with E-state index >= 15 is 0 Å². The molecule has 3 heterocycles. The molecule has 1 aliphatic carbocycles. The summed E-state index contributed by atoms with van der Waals surface area (Å²) in [6.07, 6.45) is -4.09. The van der Waals surface area contributed by atoms with Gasteiger partial charge in [0.2, 0.25) is 17.4 Å². The van der Waals surface area contributed by atoms with Gasteiger partial charge in [-0.2, -0.15) is 13.2 Å². The van der Waals surface area contributed by atoms with Crippen LogP contribution >= 0.6 is 0 Å². The molecule has 2 fully saturated rings. The topological polar surface area (TPSA) is 120 Å². The molecule has 1 saturated heterocycles. The summed E-state index contributed by atoms with van der Waals surface area (Å²) in [6, 6.07) is 3.16. The highest BCUT2D eigenvalue weighted by Crippen LogP contribution is 2.51. The Labute approximate surface area is 273 Å². The predicted molar refractivity (Wildman–Crippen MR) is 167 cm³/mol. The molecular weight excluding hydrogens is 617 g/mol. The van der Waals surface area contributed by atoms with Crippen molar-refractivity contribution in [1.82, 2.24) is 20.2 Å². The fourth-order valence-electron chi connectivity index (χ4n) is 7.48. The number of carbonyl (C=O) groups is 3. The molecule has 5 rings (SSSR count). The molecule has 0 spiro atoms. The van der Waals surface area contributed by atoms with Gasteiger partial charge in [0.15, 0.2) is 5.78 Å². The van der Waals surface area contributed by atoms with E-state index in [2.05, 4.69) is 5.32 Å². The van der Waals surface area contributed by atoms with Crippen LogP contribution in [0.1, 0.15) is 85.3 Å². The van der Waals surface area contributed by atoms with Gasteiger partial charge in [-0.05, 0) is 63.0 Å². The number of nitrogens with zero attached hydrogens (tertiary/aromatic N) is 3. The first-order valence-corrected chi connectivity index (χ1v) is 16.4. The van der Waals surface area contributed by atoms with Crippen LogP contribution in [0.5, 0.6) is 11.6 Å². The Kier molecular flexibility index (Phi) is 9.67. The van der Waals surface area contributed by atoms with Gasteiger partial charge in [0.25, 0.3) is 0 Å². The number of aryl methyl sites for hydroxylation is 1. The molecule has 2 amide bonds. The van der Waals surface area contributed by atoms with Crippen molar-refractivity contribution >= 4 is 28.8 Å². The van der Waals surface area contributed by atoms with Crippen molar-refractivity contribution in [3.8, 4) is 11.6 Å². The number of methoxy groups -OCH3 is 1. The number of Topliss-reactive ketones (excluding diaryl/α,β-unsaturated/α-hetero) is 1. The van der Waals surface area contributed by atoms with E-state index in [1.165, 1.54) is 11.8 Å². The number of carbonyl (C=O) groups excluding carboxylic acids is 3. The first-order valence-electron chi connectivity index (χ1n) is 16.4. The van der Waals surface area contributed by atoms with Gasteiger partial charge in [0.05, 0.1) is 30.7 Å². The number of alkyl carbamates (subject to hydrolysis) is 1. The summed E-state index contributed by atoms with van der Waals surface area (Å²) >= 11 is 0. The highest BCUT2D eigenvalue weighted by Gasteiger charge is 2.64. The van der Waals surface area contributed by atoms with E-state index in [4.69, 9.17) is 24.2 Å². The minimum absolute atomic E-state index is 0.000610. The molecule has 1 aromatic heterocycles. The van der Waals surface area contributed by atoms with Gasteiger partial charge < -0.3 is 24.4 Å². The summed E-state index contributed by atoms with van der Waals surface area (Å²) in [5.74, 6) is -1.39. The minimum Gasteiger partial charge on any atom is -0.497 e. The van der Waals surface area contributed by atoms with Gasteiger partial charge in [-0.3, -0.25) is 9.59 Å². The number of halogens is 3. The molecule has 10 nitrogen and oxygen atoms in total. The molecule has 13 heteroatoms. The van der Waals surface area contributed by atoms with E-state index in [0.717, 1.165) is 0 Å². The highest BCUT2D eigenvalue weighted by atomic mass is 19.4. The first kappa shape index (κ1) is 34.7. The Balaban J connectivity index is 1.57. The normalized spacial score (nSPS) is 29.6. The van der Waals surface area contributed by atoms with Crippen molar-refractivity contribution < 1.29 is 41.8 Å². The van der Waals surface area contributed by atoms with E-state index < -0.39 is 59.2 Å². The number of aromatic nitrogens is 2. The zero-order chi connectivity index (χ0) is 34.3. The maximum absolute atomic E-state index is 14.8. The van der Waals surface area contributed by atoms with Crippen molar-refractivity contribution in [3.05, 3.63) is 23.9 Å². The van der Waals surface area contributed by atoms with E-state index in [1.807, 2.05) is 6.92 Å². The lowest BCUT2D eigenvalue weighted by atomic mass is 9.85. The molecule has 1 aromatic carbocycles. The van der Waals surface area contributed by atoms with Gasteiger partial charge in [0, 0.05) is 17.9 Å². The summed E-state index contributed by atoms with van der Waals surface area (Å²) in [6.45, 7) is 8.28. The van der Waals surface area contributed by atoms with Crippen molar-refractivity contribution in [3.63, 3.8) is 0 Å². The van der Waals surface area contributed by atoms with E-state index in [-0.39, 0.29) is 43.9 Å². The van der Waals surface area contributed by atoms with Crippen molar-refractivity contribution in [2.75, 3.05) is 13.7 Å². The second kappa shape index (κ2) is 13.1. The van der Waals surface area contributed by atoms with Gasteiger partial charge in [0.1, 0.15) is 23.6 Å². The summed E-state index contributed by atoms with van der Waals surface area (Å²) in [5.41, 5.74) is -1.80. The number of amides is 2. The van der Waals surface area contributed by atoms with Crippen LogP contribution in [0.15, 0.2) is 18.2 Å². The molecule has 0 radical (unpaired) electrons. The second-order valence-electron chi connectivity index (χ2n) is 14.3. The van der Waals surface area contributed by atoms with Crippen molar-refractivity contribution in [2.24, 2.45) is 17.3 Å². The lowest BCUT2D eigenvalue weighted by molar-refractivity contribution is -0.271. The van der Waals surface area contributed by atoms with E-state index in [9.17, 15) is 27.6 Å². The average Bonchev–Trinajstić information content (AvgIpc) is 3.55. The maximum atomic E-state index is 14.8. The fourth-order valence-corrected chi connectivity index (χ4v) is 7.48. The van der Waals surface area contributed by atoms with Crippen molar-refractivity contribution in [1.29, 1.82) is 0 Å². The number of rotatable bonds is 2. The molecule has 2 aromatic rings. The average molecular weight is 663 g/mol. The van der Waals surface area contributed by atoms with Crippen LogP contribution in [0, 0.1) is 17.3 Å². The largest absolute Gasteiger partial charge is 0.497 e. The van der Waals surface area contributed by atoms with Crippen LogP contribution in [-0.4, -0.2) is 76.3 Å². The molecular formula is C34H45F3N4O6. The SMILES string of the molecule is COc1ccc2nc3c(nc2c1)O[C@H]1CN(C(=O)[C@H](C(C)(C)C)NC(=O)O[C@]2(C(F)(F)F)CCC[C@H]2CCCCC3)[C@H](C(C)=O)[C@@H]1C. The Hall–Kier alpha value is -3.64. The van der Waals surface area contributed by atoms with Gasteiger partial charge in [-0.15, -0.1) is 0 Å². The number of hydrogen-bond donors (Lipinski definition) is 1. The molecule has 1 saturated carbocycles. The predicted octanol–water partition coefficient (Wildman–Crippen LogP) is 6.18. The lowest BCUT2D eigenvalue weighted by Crippen LogP contribution is -2.59. The van der Waals surface area contributed by atoms with Crippen LogP contribution in [0.2, 0.25) is 0 Å². The van der Waals surface area contributed by atoms with E-state index in [0.29, 0.717) is 48.2 Å². The summed E-state index contributed by atoms with van der Waals surface area (Å²) in [4.78, 5) is 51.6. The molecule has 0 unspecified atom stereocenters. The number of hydrogen-bond acceptors (Lipinski definition) is 8. The first-order chi connectivity index (χ1) is 22.1. The third-order valence-electron chi connectivity index (χ3n) is 10.0. The molecule has 2 aliphatic heterocycles. The third kappa shape index (κ3) is 6.85. The Morgan fingerprint density at radius 3 is 2.45 bits per heavy atom. The van der Waals surface area contributed by atoms with Crippen LogP contribution in [0.25, 0.3) is 11.0 Å². The smallest absolute Gasteiger partial charge is 0.428 e. The van der Waals surface area contributed by atoms with Gasteiger partial charge >= 0.3 is 12.3 Å². The quantitative estimate of drug-likeness (QED) is 0.405. The number of ketones is 1. The van der Waals surface area contributed by atoms with Crippen LogP contribution in [0.4, 0.5) is 18.0 Å². The van der Waals surface area contributed by atoms with E-state index in [1.54, 1.807) is 46.1 Å². The number of ether oxygens (including phenoxy) is 3. The van der Waals surface area contributed by atoms with Crippen LogP contribution in [0.3, 0.4) is 0 Å². The summed E-state index contributed by atoms with van der Waals surface area (Å²) in [7, 11) is 1.55. The molecule has 2 bridgehead atoms. The second-order valence-corrected chi connectivity index (χ2v) is 14.3. The summed E-state index contributed by atoms with van der Waals surface area (Å²) < 4.78 is 61.5. The lowest BCUT2D eigenvalue weighted by Gasteiger charge is -2.39. The molecule has 6 atom stereocenters. The highest BCUT2D eigenvalue weighted by molar-refractivity contribution is 5.92. The zero-order valence-electron chi connectivity index (χ0n) is 27.9. The monoisotopic (exact) mass is 662 g/mol. The zero-order valence-corrected chi connectivity index (χ0v) is 27.9. The number of alkyl halides is 3. The minimum atomic E-state index is -4.79. The Bertz CT molecular complexity index is 1510. The molecule has 3 aliphatic rings. The molecule has 1 N–H and O–H groups in total. The van der Waals surface area contributed by atoms with Crippen LogP contribution < -0.4 is 14.8 Å². The molecule has 47 heavy (non-hydrogen) atoms. The standard InChI is InChI=1S/C34H45F3N4O6/c1-19-26-18-41(27(19)20(2)42)30(43)28(32(3,4)5)40-31(44)47-33(34(35,36)37)16-10-12-21(33)11-8-7-9-13-24-29(46-26)39-25-17-22(45-6)14-15-23(25)38-24/h14-15,17,19,21,26-28H,7-13,16,18H2,1-6H3,(H,40,44)/t19-,21-,26+,27+,28-,33-/m1/s1. The Morgan fingerprint density at radius 2 is 1.79 bits per heavy atom. The van der Waals surface area contributed by atoms with Gasteiger partial charge in [-0.25, -0.2) is 14.8 Å². The Morgan fingerprint density at radius 1 is 1.06 bits per heavy atom. The number of nitrogens with one attached hydrogen (secondary N) is 1. The number of fused-ring (bicyclic) bond motifs is 5. The van der Waals surface area contributed by atoms with Gasteiger partial charge in [-0.1, -0.05) is 40.5 Å². The van der Waals surface area contributed by atoms with Crippen LogP contribution in [-0.2, 0) is 20.7 Å².